The Morgan fingerprint density at radius 2 is 2.17 bits per heavy atom. The van der Waals surface area contributed by atoms with E-state index in [0.29, 0.717) is 12.2 Å². The Balaban J connectivity index is 2.54. The van der Waals surface area contributed by atoms with E-state index in [4.69, 9.17) is 4.74 Å². The fraction of sp³-hybridized carbons (Fsp3) is 0.357. The molecule has 0 amide bonds. The fourth-order valence-electron chi connectivity index (χ4n) is 2.15. The van der Waals surface area contributed by atoms with Crippen LogP contribution in [0.5, 0.6) is 0 Å². The molecule has 0 saturated heterocycles. The van der Waals surface area contributed by atoms with Gasteiger partial charge in [0.25, 0.3) is 0 Å². The molecule has 0 aliphatic rings. The maximum Gasteiger partial charge on any atom is 0.340 e. The van der Waals surface area contributed by atoms with Gasteiger partial charge in [-0.1, -0.05) is 6.92 Å². The highest BCUT2D eigenvalue weighted by atomic mass is 16.5. The zero-order chi connectivity index (χ0) is 13.1. The van der Waals surface area contributed by atoms with E-state index < -0.39 is 0 Å². The van der Waals surface area contributed by atoms with E-state index >= 15 is 0 Å². The maximum atomic E-state index is 12.1. The molecule has 0 radical (unpaired) electrons. The summed E-state index contributed by atoms with van der Waals surface area (Å²) in [5.74, 6) is -0.268. The smallest absolute Gasteiger partial charge is 0.340 e. The summed E-state index contributed by atoms with van der Waals surface area (Å²) in [7, 11) is 0. The van der Waals surface area contributed by atoms with Crippen molar-refractivity contribution in [3.05, 3.63) is 35.2 Å². The molecule has 2 N–H and O–H groups in total. The van der Waals surface area contributed by atoms with Gasteiger partial charge in [-0.05, 0) is 38.0 Å². The van der Waals surface area contributed by atoms with Crippen LogP contribution in [0.15, 0.2) is 18.3 Å². The molecule has 0 aliphatic carbocycles. The number of rotatable bonds is 4. The van der Waals surface area contributed by atoms with E-state index in [1.165, 1.54) is 0 Å². The standard InChI is InChI=1S/C14H18N2O2/c1-4-10-9(3)12(14(17)18-5-2)13(16-10)11-7-6-8-15-11/h6-8,15-16H,4-5H2,1-3H3. The van der Waals surface area contributed by atoms with Gasteiger partial charge in [-0.25, -0.2) is 4.79 Å². The van der Waals surface area contributed by atoms with Crippen molar-refractivity contribution in [3.8, 4) is 11.4 Å². The van der Waals surface area contributed by atoms with Gasteiger partial charge in [-0.2, -0.15) is 0 Å². The van der Waals surface area contributed by atoms with E-state index in [-0.39, 0.29) is 5.97 Å². The highest BCUT2D eigenvalue weighted by Crippen LogP contribution is 2.27. The molecule has 18 heavy (non-hydrogen) atoms. The first-order valence-electron chi connectivity index (χ1n) is 6.21. The van der Waals surface area contributed by atoms with Crippen molar-refractivity contribution in [2.45, 2.75) is 27.2 Å². The Labute approximate surface area is 106 Å². The number of aromatic nitrogens is 2. The molecule has 0 spiro atoms. The van der Waals surface area contributed by atoms with Gasteiger partial charge < -0.3 is 14.7 Å². The van der Waals surface area contributed by atoms with Crippen LogP contribution in [0, 0.1) is 6.92 Å². The minimum absolute atomic E-state index is 0.268. The molecule has 4 heteroatoms. The van der Waals surface area contributed by atoms with E-state index in [2.05, 4.69) is 16.9 Å². The van der Waals surface area contributed by atoms with E-state index in [9.17, 15) is 4.79 Å². The molecular formula is C14H18N2O2. The molecule has 0 fully saturated rings. The topological polar surface area (TPSA) is 57.9 Å². The largest absolute Gasteiger partial charge is 0.462 e. The predicted molar refractivity (Wildman–Crippen MR) is 70.7 cm³/mol. The van der Waals surface area contributed by atoms with Crippen LogP contribution in [0.4, 0.5) is 0 Å². The lowest BCUT2D eigenvalue weighted by Gasteiger charge is -2.04. The van der Waals surface area contributed by atoms with Crippen molar-refractivity contribution in [2.75, 3.05) is 6.61 Å². The van der Waals surface area contributed by atoms with Crippen LogP contribution < -0.4 is 0 Å². The quantitative estimate of drug-likeness (QED) is 0.814. The zero-order valence-electron chi connectivity index (χ0n) is 11.0. The summed E-state index contributed by atoms with van der Waals surface area (Å²) in [5, 5.41) is 0. The summed E-state index contributed by atoms with van der Waals surface area (Å²) < 4.78 is 5.13. The first kappa shape index (κ1) is 12.5. The number of aryl methyl sites for hydroxylation is 1. The van der Waals surface area contributed by atoms with Gasteiger partial charge in [0.2, 0.25) is 0 Å². The van der Waals surface area contributed by atoms with Crippen LogP contribution in [0.2, 0.25) is 0 Å². The average molecular weight is 246 g/mol. The Kier molecular flexibility index (Phi) is 3.55. The Bertz CT molecular complexity index is 538. The molecular weight excluding hydrogens is 228 g/mol. The van der Waals surface area contributed by atoms with Crippen LogP contribution in [0.3, 0.4) is 0 Å². The molecule has 0 bridgehead atoms. The molecule has 0 aromatic carbocycles. The van der Waals surface area contributed by atoms with Gasteiger partial charge in [0.15, 0.2) is 0 Å². The molecule has 2 rings (SSSR count). The Morgan fingerprint density at radius 1 is 1.39 bits per heavy atom. The third kappa shape index (κ3) is 2.06. The van der Waals surface area contributed by atoms with Gasteiger partial charge in [-0.3, -0.25) is 0 Å². The average Bonchev–Trinajstić information content (AvgIpc) is 2.96. The predicted octanol–water partition coefficient (Wildman–Crippen LogP) is 3.06. The van der Waals surface area contributed by atoms with E-state index in [1.807, 2.05) is 32.2 Å². The number of hydrogen-bond acceptors (Lipinski definition) is 2. The molecule has 0 saturated carbocycles. The maximum absolute atomic E-state index is 12.1. The second-order valence-corrected chi connectivity index (χ2v) is 4.14. The number of nitrogens with one attached hydrogen (secondary N) is 2. The number of ether oxygens (including phenoxy) is 1. The highest BCUT2D eigenvalue weighted by Gasteiger charge is 2.22. The van der Waals surface area contributed by atoms with Gasteiger partial charge in [-0.15, -0.1) is 0 Å². The first-order valence-corrected chi connectivity index (χ1v) is 6.21. The fourth-order valence-corrected chi connectivity index (χ4v) is 2.15. The SMILES string of the molecule is CCOC(=O)c1c(-c2ccc[nH]2)[nH]c(CC)c1C. The molecule has 4 nitrogen and oxygen atoms in total. The second-order valence-electron chi connectivity index (χ2n) is 4.14. The lowest BCUT2D eigenvalue weighted by Crippen LogP contribution is -2.06. The van der Waals surface area contributed by atoms with Crippen molar-refractivity contribution in [1.82, 2.24) is 9.97 Å². The van der Waals surface area contributed by atoms with Crippen LogP contribution in [-0.2, 0) is 11.2 Å². The normalized spacial score (nSPS) is 10.6. The van der Waals surface area contributed by atoms with Crippen molar-refractivity contribution >= 4 is 5.97 Å². The van der Waals surface area contributed by atoms with Gasteiger partial charge >= 0.3 is 5.97 Å². The second kappa shape index (κ2) is 5.12. The van der Waals surface area contributed by atoms with E-state index in [0.717, 1.165) is 29.1 Å². The van der Waals surface area contributed by atoms with Gasteiger partial charge in [0.05, 0.1) is 23.6 Å². The molecule has 0 unspecified atom stereocenters. The Hall–Kier alpha value is -1.97. The number of carbonyl (C=O) groups is 1. The minimum atomic E-state index is -0.268. The summed E-state index contributed by atoms with van der Waals surface area (Å²) in [6.45, 7) is 6.21. The number of esters is 1. The lowest BCUT2D eigenvalue weighted by molar-refractivity contribution is 0.0526. The number of H-pyrrole nitrogens is 2. The monoisotopic (exact) mass is 246 g/mol. The zero-order valence-corrected chi connectivity index (χ0v) is 11.0. The summed E-state index contributed by atoms with van der Waals surface area (Å²) in [5.41, 5.74) is 4.40. The number of carbonyl (C=O) groups excluding carboxylic acids is 1. The van der Waals surface area contributed by atoms with Crippen LogP contribution in [-0.4, -0.2) is 22.5 Å². The van der Waals surface area contributed by atoms with Gasteiger partial charge in [0, 0.05) is 11.9 Å². The molecule has 96 valence electrons. The van der Waals surface area contributed by atoms with Crippen molar-refractivity contribution in [3.63, 3.8) is 0 Å². The lowest BCUT2D eigenvalue weighted by atomic mass is 10.1. The summed E-state index contributed by atoms with van der Waals surface area (Å²) in [4.78, 5) is 18.5. The van der Waals surface area contributed by atoms with Crippen molar-refractivity contribution in [2.24, 2.45) is 0 Å². The summed E-state index contributed by atoms with van der Waals surface area (Å²) in [6.07, 6.45) is 2.70. The molecule has 2 aromatic rings. The number of hydrogen-bond donors (Lipinski definition) is 2. The van der Waals surface area contributed by atoms with Crippen LogP contribution in [0.25, 0.3) is 11.4 Å². The third-order valence-electron chi connectivity index (χ3n) is 3.05. The van der Waals surface area contributed by atoms with E-state index in [1.54, 1.807) is 0 Å². The first-order chi connectivity index (χ1) is 8.69. The molecule has 0 aliphatic heterocycles. The van der Waals surface area contributed by atoms with Crippen LogP contribution in [0.1, 0.15) is 35.5 Å². The minimum Gasteiger partial charge on any atom is -0.462 e. The third-order valence-corrected chi connectivity index (χ3v) is 3.05. The van der Waals surface area contributed by atoms with Crippen molar-refractivity contribution < 1.29 is 9.53 Å². The molecule has 2 heterocycles. The molecule has 2 aromatic heterocycles. The van der Waals surface area contributed by atoms with Gasteiger partial charge in [0.1, 0.15) is 0 Å². The van der Waals surface area contributed by atoms with Crippen LogP contribution >= 0.6 is 0 Å². The molecule has 0 atom stereocenters. The Morgan fingerprint density at radius 3 is 2.72 bits per heavy atom. The highest BCUT2D eigenvalue weighted by molar-refractivity contribution is 5.98. The van der Waals surface area contributed by atoms with Crippen molar-refractivity contribution in [1.29, 1.82) is 0 Å². The summed E-state index contributed by atoms with van der Waals surface area (Å²) in [6, 6.07) is 3.85. The number of aromatic amines is 2. The summed E-state index contributed by atoms with van der Waals surface area (Å²) >= 11 is 0.